The summed E-state index contributed by atoms with van der Waals surface area (Å²) in [6, 6.07) is 6.70. The Morgan fingerprint density at radius 1 is 1.38 bits per heavy atom. The zero-order valence-corrected chi connectivity index (χ0v) is 16.3. The van der Waals surface area contributed by atoms with Crippen molar-refractivity contribution in [3.8, 4) is 6.07 Å². The van der Waals surface area contributed by atoms with E-state index in [1.54, 1.807) is 12.1 Å². The number of aliphatic carboxylic acids is 1. The number of aliphatic hydroxyl groups is 2. The Kier molecular flexibility index (Phi) is 5.73. The standard InChI is InChI=1S/C21H24N4O4/c1-21(2)7-5-12(6-8-21)15-9-13(17(26)20(28)29)3-4-16(15)25-19(27)18-23-11-14(10-22)24-18/h3-5,9,11,17,19,25-27H,6-8H2,1-2H3,(H,23,24)(H,28,29)/t17?,19-/m1/s1. The zero-order valence-electron chi connectivity index (χ0n) is 16.3. The lowest BCUT2D eigenvalue weighted by atomic mass is 9.76. The minimum atomic E-state index is -1.63. The Labute approximate surface area is 168 Å². The molecule has 1 heterocycles. The molecule has 5 N–H and O–H groups in total. The molecular weight excluding hydrogens is 372 g/mol. The van der Waals surface area contributed by atoms with E-state index < -0.39 is 18.3 Å². The van der Waals surface area contributed by atoms with Crippen molar-refractivity contribution in [1.29, 1.82) is 5.26 Å². The van der Waals surface area contributed by atoms with Gasteiger partial charge >= 0.3 is 5.97 Å². The van der Waals surface area contributed by atoms with Crippen molar-refractivity contribution in [2.75, 3.05) is 5.32 Å². The van der Waals surface area contributed by atoms with E-state index in [-0.39, 0.29) is 22.5 Å². The summed E-state index contributed by atoms with van der Waals surface area (Å²) in [6.45, 7) is 4.38. The second-order valence-electron chi connectivity index (χ2n) is 7.98. The van der Waals surface area contributed by atoms with Gasteiger partial charge in [-0.15, -0.1) is 0 Å². The summed E-state index contributed by atoms with van der Waals surface area (Å²) in [7, 11) is 0. The molecule has 0 aliphatic heterocycles. The third-order valence-corrected chi connectivity index (χ3v) is 5.18. The second kappa shape index (κ2) is 8.07. The van der Waals surface area contributed by atoms with Gasteiger partial charge in [-0.3, -0.25) is 0 Å². The number of nitriles is 1. The van der Waals surface area contributed by atoms with Crippen LogP contribution in [0.2, 0.25) is 0 Å². The molecule has 152 valence electrons. The van der Waals surface area contributed by atoms with E-state index in [4.69, 9.17) is 10.4 Å². The van der Waals surface area contributed by atoms with Crippen LogP contribution < -0.4 is 5.32 Å². The van der Waals surface area contributed by atoms with E-state index in [1.807, 2.05) is 6.07 Å². The second-order valence-corrected chi connectivity index (χ2v) is 7.98. The number of aromatic nitrogens is 2. The number of imidazole rings is 1. The maximum Gasteiger partial charge on any atom is 0.337 e. The molecule has 1 aromatic heterocycles. The number of benzene rings is 1. The monoisotopic (exact) mass is 396 g/mol. The molecule has 1 unspecified atom stereocenters. The predicted octanol–water partition coefficient (Wildman–Crippen LogP) is 3.10. The molecule has 0 spiro atoms. The highest BCUT2D eigenvalue weighted by Crippen LogP contribution is 2.41. The van der Waals surface area contributed by atoms with Crippen LogP contribution in [0.5, 0.6) is 0 Å². The van der Waals surface area contributed by atoms with Gasteiger partial charge in [-0.05, 0) is 47.9 Å². The van der Waals surface area contributed by atoms with Crippen LogP contribution in [0.4, 0.5) is 5.69 Å². The van der Waals surface area contributed by atoms with Gasteiger partial charge in [-0.2, -0.15) is 5.26 Å². The minimum absolute atomic E-state index is 0.191. The van der Waals surface area contributed by atoms with Crippen LogP contribution in [0, 0.1) is 16.7 Å². The molecule has 0 saturated carbocycles. The number of carboxylic acid groups (broad SMARTS) is 1. The molecule has 3 rings (SSSR count). The molecule has 0 bridgehead atoms. The number of hydrogen-bond donors (Lipinski definition) is 5. The number of aromatic amines is 1. The Morgan fingerprint density at radius 3 is 2.72 bits per heavy atom. The topological polar surface area (TPSA) is 142 Å². The lowest BCUT2D eigenvalue weighted by Crippen LogP contribution is -2.17. The Morgan fingerprint density at radius 2 is 2.14 bits per heavy atom. The van der Waals surface area contributed by atoms with E-state index in [1.165, 1.54) is 12.3 Å². The van der Waals surface area contributed by atoms with E-state index in [0.29, 0.717) is 5.69 Å². The highest BCUT2D eigenvalue weighted by atomic mass is 16.4. The quantitative estimate of drug-likeness (QED) is 0.472. The molecule has 1 aliphatic carbocycles. The van der Waals surface area contributed by atoms with Crippen LogP contribution in [0.3, 0.4) is 0 Å². The summed E-state index contributed by atoms with van der Waals surface area (Å²) in [4.78, 5) is 17.9. The Balaban J connectivity index is 1.96. The number of nitrogens with one attached hydrogen (secondary N) is 2. The lowest BCUT2D eigenvalue weighted by Gasteiger charge is -2.30. The Hall–Kier alpha value is -3.15. The highest BCUT2D eigenvalue weighted by molar-refractivity contribution is 5.80. The predicted molar refractivity (Wildman–Crippen MR) is 107 cm³/mol. The first-order valence-corrected chi connectivity index (χ1v) is 9.34. The molecule has 8 heteroatoms. The smallest absolute Gasteiger partial charge is 0.337 e. The summed E-state index contributed by atoms with van der Waals surface area (Å²) in [5, 5.41) is 41.4. The average molecular weight is 396 g/mol. The van der Waals surface area contributed by atoms with Gasteiger partial charge in [0, 0.05) is 11.3 Å². The fourth-order valence-corrected chi connectivity index (χ4v) is 3.34. The number of rotatable bonds is 6. The molecule has 0 amide bonds. The fraction of sp³-hybridized carbons (Fsp3) is 0.381. The third kappa shape index (κ3) is 4.65. The maximum atomic E-state index is 11.2. The summed E-state index contributed by atoms with van der Waals surface area (Å²) >= 11 is 0. The number of aliphatic hydroxyl groups excluding tert-OH is 2. The summed E-state index contributed by atoms with van der Waals surface area (Å²) in [5.74, 6) is -1.13. The van der Waals surface area contributed by atoms with E-state index >= 15 is 0 Å². The van der Waals surface area contributed by atoms with Crippen LogP contribution in [-0.4, -0.2) is 31.3 Å². The van der Waals surface area contributed by atoms with Crippen LogP contribution in [0.25, 0.3) is 5.57 Å². The number of allylic oxidation sites excluding steroid dienone is 2. The summed E-state index contributed by atoms with van der Waals surface area (Å²) in [6.07, 6.45) is 3.27. The highest BCUT2D eigenvalue weighted by Gasteiger charge is 2.25. The van der Waals surface area contributed by atoms with Crippen LogP contribution in [0.15, 0.2) is 30.5 Å². The first-order chi connectivity index (χ1) is 13.7. The maximum absolute atomic E-state index is 11.2. The number of carbonyl (C=O) groups is 1. The fourth-order valence-electron chi connectivity index (χ4n) is 3.34. The van der Waals surface area contributed by atoms with Crippen LogP contribution in [-0.2, 0) is 4.79 Å². The van der Waals surface area contributed by atoms with Gasteiger partial charge in [-0.1, -0.05) is 26.0 Å². The summed E-state index contributed by atoms with van der Waals surface area (Å²) in [5.41, 5.74) is 3.03. The molecule has 2 aromatic rings. The Bertz CT molecular complexity index is 987. The molecule has 0 fully saturated rings. The SMILES string of the molecule is CC1(C)CC=C(c2cc(C(O)C(=O)O)ccc2N[C@H](O)c2ncc(C#N)[nH]2)CC1. The van der Waals surface area contributed by atoms with Crippen molar-refractivity contribution in [3.05, 3.63) is 53.1 Å². The van der Waals surface area contributed by atoms with Crippen molar-refractivity contribution < 1.29 is 20.1 Å². The number of nitrogens with zero attached hydrogens (tertiary/aromatic N) is 2. The van der Waals surface area contributed by atoms with Gasteiger partial charge in [0.25, 0.3) is 0 Å². The van der Waals surface area contributed by atoms with Crippen molar-refractivity contribution in [2.45, 2.75) is 45.4 Å². The van der Waals surface area contributed by atoms with Gasteiger partial charge in [-0.25, -0.2) is 9.78 Å². The lowest BCUT2D eigenvalue weighted by molar-refractivity contribution is -0.146. The third-order valence-electron chi connectivity index (χ3n) is 5.18. The van der Waals surface area contributed by atoms with Crippen LogP contribution in [0.1, 0.15) is 68.1 Å². The molecule has 1 aromatic carbocycles. The molecule has 29 heavy (non-hydrogen) atoms. The minimum Gasteiger partial charge on any atom is -0.479 e. The van der Waals surface area contributed by atoms with Gasteiger partial charge in [0.2, 0.25) is 0 Å². The van der Waals surface area contributed by atoms with E-state index in [9.17, 15) is 15.0 Å². The molecule has 0 radical (unpaired) electrons. The first-order valence-electron chi connectivity index (χ1n) is 9.34. The molecular formula is C21H24N4O4. The summed E-state index contributed by atoms with van der Waals surface area (Å²) < 4.78 is 0. The first kappa shape index (κ1) is 20.6. The zero-order chi connectivity index (χ0) is 21.2. The number of H-pyrrole nitrogens is 1. The van der Waals surface area contributed by atoms with E-state index in [0.717, 1.165) is 30.4 Å². The van der Waals surface area contributed by atoms with Gasteiger partial charge in [0.15, 0.2) is 18.2 Å². The van der Waals surface area contributed by atoms with Crippen molar-refractivity contribution in [2.24, 2.45) is 5.41 Å². The molecule has 2 atom stereocenters. The van der Waals surface area contributed by atoms with Gasteiger partial charge in [0.05, 0.1) is 6.20 Å². The number of hydrogen-bond acceptors (Lipinski definition) is 6. The van der Waals surface area contributed by atoms with Crippen molar-refractivity contribution >= 4 is 17.2 Å². The van der Waals surface area contributed by atoms with Gasteiger partial charge < -0.3 is 25.6 Å². The van der Waals surface area contributed by atoms with E-state index in [2.05, 4.69) is 35.2 Å². The van der Waals surface area contributed by atoms with Gasteiger partial charge in [0.1, 0.15) is 11.8 Å². The number of anilines is 1. The molecule has 0 saturated heterocycles. The molecule has 8 nitrogen and oxygen atoms in total. The van der Waals surface area contributed by atoms with Crippen LogP contribution >= 0.6 is 0 Å². The van der Waals surface area contributed by atoms with Crippen molar-refractivity contribution in [1.82, 2.24) is 9.97 Å². The molecule has 1 aliphatic rings. The normalized spacial score (nSPS) is 17.7. The average Bonchev–Trinajstić information content (AvgIpc) is 3.17. The van der Waals surface area contributed by atoms with Crippen molar-refractivity contribution in [3.63, 3.8) is 0 Å². The largest absolute Gasteiger partial charge is 0.479 e. The number of carboxylic acids is 1.